The van der Waals surface area contributed by atoms with Crippen LogP contribution in [-0.4, -0.2) is 9.97 Å². The molecule has 1 aliphatic carbocycles. The molecule has 0 atom stereocenters. The molecule has 0 N–H and O–H groups in total. The average Bonchev–Trinajstić information content (AvgIpc) is 2.61. The molecule has 1 heterocycles. The summed E-state index contributed by atoms with van der Waals surface area (Å²) < 4.78 is 0. The maximum Gasteiger partial charge on any atom is 0.128 e. The van der Waals surface area contributed by atoms with Crippen LogP contribution in [-0.2, 0) is 11.8 Å². The molecule has 0 radical (unpaired) electrons. The number of aryl methyl sites for hydroxylation is 1. The van der Waals surface area contributed by atoms with Gasteiger partial charge in [-0.2, -0.15) is 5.26 Å². The van der Waals surface area contributed by atoms with Crippen molar-refractivity contribution >= 4 is 0 Å². The van der Waals surface area contributed by atoms with Crippen molar-refractivity contribution in [2.75, 3.05) is 0 Å². The lowest BCUT2D eigenvalue weighted by Crippen LogP contribution is -2.30. The Labute approximate surface area is 141 Å². The van der Waals surface area contributed by atoms with Crippen LogP contribution in [0.5, 0.6) is 0 Å². The van der Waals surface area contributed by atoms with Crippen LogP contribution in [0.2, 0.25) is 0 Å². The molecule has 0 bridgehead atoms. The topological polar surface area (TPSA) is 49.6 Å². The summed E-state index contributed by atoms with van der Waals surface area (Å²) in [7, 11) is 0. The van der Waals surface area contributed by atoms with Crippen LogP contribution in [0, 0.1) is 17.2 Å². The minimum Gasteiger partial charge on any atom is -0.241 e. The molecule has 3 nitrogen and oxygen atoms in total. The van der Waals surface area contributed by atoms with Gasteiger partial charge in [-0.15, -0.1) is 0 Å². The summed E-state index contributed by atoms with van der Waals surface area (Å²) in [4.78, 5) is 9.05. The Hall–Kier alpha value is -1.43. The minimum atomic E-state index is -0.343. The van der Waals surface area contributed by atoms with Gasteiger partial charge in [0, 0.05) is 24.4 Å². The predicted octanol–water partition coefficient (Wildman–Crippen LogP) is 5.35. The monoisotopic (exact) mass is 313 g/mol. The Morgan fingerprint density at radius 2 is 1.74 bits per heavy atom. The van der Waals surface area contributed by atoms with Crippen molar-refractivity contribution in [1.29, 1.82) is 5.26 Å². The molecule has 0 amide bonds. The number of unbranched alkanes of at least 4 members (excludes halogenated alkanes) is 3. The molecule has 1 aliphatic rings. The zero-order chi connectivity index (χ0) is 16.5. The number of aromatic nitrogens is 2. The second-order valence-corrected chi connectivity index (χ2v) is 7.12. The Morgan fingerprint density at radius 3 is 2.30 bits per heavy atom. The summed E-state index contributed by atoms with van der Waals surface area (Å²) in [6, 6.07) is 2.60. The van der Waals surface area contributed by atoms with Crippen LogP contribution < -0.4 is 0 Å². The Balaban J connectivity index is 1.97. The fraction of sp³-hybridized carbons (Fsp3) is 0.750. The van der Waals surface area contributed by atoms with Gasteiger partial charge in [0.1, 0.15) is 5.82 Å². The largest absolute Gasteiger partial charge is 0.241 e. The van der Waals surface area contributed by atoms with Crippen LogP contribution in [0.25, 0.3) is 0 Å². The third-order valence-corrected chi connectivity index (χ3v) is 5.40. The minimum absolute atomic E-state index is 0.343. The number of nitrogens with zero attached hydrogens (tertiary/aromatic N) is 3. The first-order chi connectivity index (χ1) is 11.2. The molecule has 23 heavy (non-hydrogen) atoms. The summed E-state index contributed by atoms with van der Waals surface area (Å²) in [5.41, 5.74) is 0.693. The van der Waals surface area contributed by atoms with Gasteiger partial charge in [0.2, 0.25) is 0 Å². The van der Waals surface area contributed by atoms with Crippen molar-refractivity contribution in [3.05, 3.63) is 23.8 Å². The van der Waals surface area contributed by atoms with Crippen molar-refractivity contribution in [3.63, 3.8) is 0 Å². The highest BCUT2D eigenvalue weighted by Gasteiger charge is 2.37. The molecule has 1 aromatic rings. The first-order valence-electron chi connectivity index (χ1n) is 9.46. The summed E-state index contributed by atoms with van der Waals surface area (Å²) >= 11 is 0. The number of rotatable bonds is 8. The molecule has 3 heteroatoms. The molecule has 2 rings (SSSR count). The van der Waals surface area contributed by atoms with E-state index in [-0.39, 0.29) is 5.41 Å². The second-order valence-electron chi connectivity index (χ2n) is 7.12. The van der Waals surface area contributed by atoms with Crippen LogP contribution in [0.4, 0.5) is 0 Å². The van der Waals surface area contributed by atoms with Crippen LogP contribution >= 0.6 is 0 Å². The highest BCUT2D eigenvalue weighted by Crippen LogP contribution is 2.42. The molecule has 1 fully saturated rings. The van der Waals surface area contributed by atoms with Gasteiger partial charge in [-0.25, -0.2) is 9.97 Å². The van der Waals surface area contributed by atoms with Crippen molar-refractivity contribution in [2.45, 2.75) is 89.9 Å². The van der Waals surface area contributed by atoms with Gasteiger partial charge in [-0.05, 0) is 38.0 Å². The van der Waals surface area contributed by atoms with E-state index in [2.05, 4.69) is 29.9 Å². The summed E-state index contributed by atoms with van der Waals surface area (Å²) in [6.07, 6.45) is 16.6. The van der Waals surface area contributed by atoms with E-state index in [4.69, 9.17) is 0 Å². The Morgan fingerprint density at radius 1 is 1.09 bits per heavy atom. The normalized spacial score (nSPS) is 24.3. The van der Waals surface area contributed by atoms with Crippen LogP contribution in [0.3, 0.4) is 0 Å². The average molecular weight is 313 g/mol. The molecule has 1 aromatic heterocycles. The summed E-state index contributed by atoms with van der Waals surface area (Å²) in [5, 5.41) is 9.79. The van der Waals surface area contributed by atoms with E-state index in [1.54, 1.807) is 0 Å². The molecule has 0 saturated heterocycles. The number of hydrogen-bond acceptors (Lipinski definition) is 3. The van der Waals surface area contributed by atoms with Gasteiger partial charge >= 0.3 is 0 Å². The molecular weight excluding hydrogens is 282 g/mol. The first-order valence-corrected chi connectivity index (χ1v) is 9.46. The molecule has 1 saturated carbocycles. The van der Waals surface area contributed by atoms with Crippen molar-refractivity contribution in [1.82, 2.24) is 9.97 Å². The number of nitriles is 1. The molecule has 0 spiro atoms. The van der Waals surface area contributed by atoms with Gasteiger partial charge < -0.3 is 0 Å². The van der Waals surface area contributed by atoms with Gasteiger partial charge in [-0.3, -0.25) is 0 Å². The third kappa shape index (κ3) is 4.77. The third-order valence-electron chi connectivity index (χ3n) is 5.40. The fourth-order valence-electron chi connectivity index (χ4n) is 3.68. The van der Waals surface area contributed by atoms with E-state index >= 15 is 0 Å². The van der Waals surface area contributed by atoms with E-state index in [1.807, 2.05) is 12.4 Å². The smallest absolute Gasteiger partial charge is 0.128 e. The van der Waals surface area contributed by atoms with Crippen LogP contribution in [0.1, 0.15) is 89.4 Å². The van der Waals surface area contributed by atoms with Gasteiger partial charge in [0.15, 0.2) is 0 Å². The Kier molecular flexibility index (Phi) is 7.02. The van der Waals surface area contributed by atoms with Crippen molar-refractivity contribution < 1.29 is 0 Å². The van der Waals surface area contributed by atoms with E-state index in [0.717, 1.165) is 43.0 Å². The zero-order valence-corrected chi connectivity index (χ0v) is 14.9. The lowest BCUT2D eigenvalue weighted by molar-refractivity contribution is 0.262. The van der Waals surface area contributed by atoms with Crippen LogP contribution in [0.15, 0.2) is 12.4 Å². The zero-order valence-electron chi connectivity index (χ0n) is 14.9. The van der Waals surface area contributed by atoms with E-state index in [9.17, 15) is 5.26 Å². The fourth-order valence-corrected chi connectivity index (χ4v) is 3.68. The quantitative estimate of drug-likeness (QED) is 0.608. The van der Waals surface area contributed by atoms with Crippen molar-refractivity contribution in [3.8, 4) is 6.07 Å². The van der Waals surface area contributed by atoms with Gasteiger partial charge in [0.25, 0.3) is 0 Å². The van der Waals surface area contributed by atoms with Gasteiger partial charge in [0.05, 0.1) is 11.5 Å². The standard InChI is InChI=1S/C20H31N3/c1-3-5-7-9-19-22-14-18(15-23-19)20(16-21)12-10-17(11-13-20)8-6-4-2/h14-15,17H,3-13H2,1-2H3. The first kappa shape index (κ1) is 17.9. The maximum atomic E-state index is 9.79. The highest BCUT2D eigenvalue weighted by molar-refractivity contribution is 5.29. The molecule has 0 unspecified atom stereocenters. The number of hydrogen-bond donors (Lipinski definition) is 0. The molecule has 126 valence electrons. The molecular formula is C20H31N3. The van der Waals surface area contributed by atoms with Crippen molar-refractivity contribution in [2.24, 2.45) is 5.92 Å². The highest BCUT2D eigenvalue weighted by atomic mass is 14.9. The van der Waals surface area contributed by atoms with E-state index < -0.39 is 0 Å². The lowest BCUT2D eigenvalue weighted by Gasteiger charge is -2.35. The van der Waals surface area contributed by atoms with E-state index in [0.29, 0.717) is 0 Å². The SMILES string of the molecule is CCCCCc1ncc(C2(C#N)CCC(CCCC)CC2)cn1. The molecule has 0 aromatic carbocycles. The Bertz CT molecular complexity index is 493. The predicted molar refractivity (Wildman–Crippen MR) is 94.0 cm³/mol. The maximum absolute atomic E-state index is 9.79. The summed E-state index contributed by atoms with van der Waals surface area (Å²) in [6.45, 7) is 4.46. The summed E-state index contributed by atoms with van der Waals surface area (Å²) in [5.74, 6) is 1.73. The second kappa shape index (κ2) is 9.01. The van der Waals surface area contributed by atoms with Gasteiger partial charge in [-0.1, -0.05) is 46.0 Å². The lowest BCUT2D eigenvalue weighted by atomic mass is 9.67. The van der Waals surface area contributed by atoms with E-state index in [1.165, 1.54) is 44.9 Å². The molecule has 0 aliphatic heterocycles.